The second-order valence-electron chi connectivity index (χ2n) is 6.78. The molecule has 1 aromatic heterocycles. The third kappa shape index (κ3) is 4.72. The van der Waals surface area contributed by atoms with Crippen LogP contribution in [0.5, 0.6) is 0 Å². The molecule has 7 heteroatoms. The number of nitrogens with one attached hydrogen (secondary N) is 1. The van der Waals surface area contributed by atoms with E-state index in [0.717, 1.165) is 29.0 Å². The second-order valence-corrected chi connectivity index (χ2v) is 8.52. The van der Waals surface area contributed by atoms with Gasteiger partial charge < -0.3 is 14.6 Å². The third-order valence-corrected chi connectivity index (χ3v) is 6.12. The number of methoxy groups -OCH3 is 1. The second kappa shape index (κ2) is 9.11. The van der Waals surface area contributed by atoms with Gasteiger partial charge in [-0.3, -0.25) is 4.79 Å². The van der Waals surface area contributed by atoms with Gasteiger partial charge in [-0.2, -0.15) is 0 Å². The summed E-state index contributed by atoms with van der Waals surface area (Å²) in [5.74, 6) is 0.0882. The Morgan fingerprint density at radius 2 is 2.19 bits per heavy atom. The largest absolute Gasteiger partial charge is 0.383 e. The molecule has 26 heavy (non-hydrogen) atoms. The fourth-order valence-corrected chi connectivity index (χ4v) is 4.47. The molecule has 0 bridgehead atoms. The number of amides is 1. The van der Waals surface area contributed by atoms with Crippen molar-refractivity contribution in [3.05, 3.63) is 23.2 Å². The van der Waals surface area contributed by atoms with Gasteiger partial charge in [0.1, 0.15) is 0 Å². The summed E-state index contributed by atoms with van der Waals surface area (Å²) >= 11 is 7.59. The maximum atomic E-state index is 12.6. The van der Waals surface area contributed by atoms with Crippen molar-refractivity contribution in [3.63, 3.8) is 0 Å². The van der Waals surface area contributed by atoms with E-state index in [9.17, 15) is 4.79 Å². The molecular weight excluding hydrogens is 370 g/mol. The van der Waals surface area contributed by atoms with E-state index in [1.165, 1.54) is 31.0 Å². The number of hydrogen-bond donors (Lipinski definition) is 1. The van der Waals surface area contributed by atoms with E-state index < -0.39 is 0 Å². The summed E-state index contributed by atoms with van der Waals surface area (Å²) in [7, 11) is 1.68. The number of nitrogens with zero attached hydrogens (tertiary/aromatic N) is 2. The number of benzene rings is 1. The molecule has 1 atom stereocenters. The topological polar surface area (TPSA) is 56.1 Å². The minimum atomic E-state index is -0.203. The van der Waals surface area contributed by atoms with Gasteiger partial charge in [-0.05, 0) is 38.0 Å². The molecule has 1 fully saturated rings. The van der Waals surface area contributed by atoms with Crippen LogP contribution in [-0.2, 0) is 16.1 Å². The number of hydrogen-bond acceptors (Lipinski definition) is 4. The Kier molecular flexibility index (Phi) is 6.84. The third-order valence-electron chi connectivity index (χ3n) is 4.80. The van der Waals surface area contributed by atoms with Gasteiger partial charge in [-0.25, -0.2) is 4.98 Å². The van der Waals surface area contributed by atoms with Crippen LogP contribution in [0, 0.1) is 0 Å². The monoisotopic (exact) mass is 395 g/mol. The van der Waals surface area contributed by atoms with Gasteiger partial charge in [0.2, 0.25) is 5.91 Å². The Balaban J connectivity index is 1.74. The van der Waals surface area contributed by atoms with E-state index in [1.807, 2.05) is 25.1 Å². The standard InChI is InChI=1S/C19H26ClN3O2S/c1-13(18(24)21-15-6-4-3-5-7-15)26-19-22-16-12-14(20)8-9-17(16)23(19)10-11-25-2/h8-9,12-13,15H,3-7,10-11H2,1-2H3,(H,21,24). The number of ether oxygens (including phenoxy) is 1. The highest BCUT2D eigenvalue weighted by molar-refractivity contribution is 8.00. The number of fused-ring (bicyclic) bond motifs is 1. The van der Waals surface area contributed by atoms with Crippen LogP contribution in [-0.4, -0.2) is 40.5 Å². The minimum Gasteiger partial charge on any atom is -0.383 e. The molecule has 1 amide bonds. The fraction of sp³-hybridized carbons (Fsp3) is 0.579. The number of halogens is 1. The Hall–Kier alpha value is -1.24. The van der Waals surface area contributed by atoms with Crippen molar-refractivity contribution in [3.8, 4) is 0 Å². The number of carbonyl (C=O) groups is 1. The highest BCUT2D eigenvalue weighted by Crippen LogP contribution is 2.29. The molecule has 1 heterocycles. The summed E-state index contributed by atoms with van der Waals surface area (Å²) in [6, 6.07) is 6.02. The van der Waals surface area contributed by atoms with Crippen LogP contribution in [0.2, 0.25) is 5.02 Å². The van der Waals surface area contributed by atoms with Crippen molar-refractivity contribution >= 4 is 40.3 Å². The molecule has 2 aromatic rings. The van der Waals surface area contributed by atoms with Crippen LogP contribution >= 0.6 is 23.4 Å². The quantitative estimate of drug-likeness (QED) is 0.711. The van der Waals surface area contributed by atoms with Gasteiger partial charge in [0, 0.05) is 24.7 Å². The molecule has 1 aliphatic rings. The first-order valence-corrected chi connectivity index (χ1v) is 10.5. The maximum absolute atomic E-state index is 12.6. The molecule has 1 aromatic carbocycles. The summed E-state index contributed by atoms with van der Waals surface area (Å²) in [6.45, 7) is 3.22. The van der Waals surface area contributed by atoms with E-state index >= 15 is 0 Å². The summed E-state index contributed by atoms with van der Waals surface area (Å²) in [5.41, 5.74) is 1.85. The summed E-state index contributed by atoms with van der Waals surface area (Å²) < 4.78 is 7.33. The van der Waals surface area contributed by atoms with Crippen molar-refractivity contribution in [1.29, 1.82) is 0 Å². The molecule has 3 rings (SSSR count). The van der Waals surface area contributed by atoms with Gasteiger partial charge in [0.05, 0.1) is 22.9 Å². The molecule has 1 saturated carbocycles. The molecule has 0 aliphatic heterocycles. The van der Waals surface area contributed by atoms with Crippen LogP contribution < -0.4 is 5.32 Å². The zero-order chi connectivity index (χ0) is 18.5. The van der Waals surface area contributed by atoms with Crippen molar-refractivity contribution in [1.82, 2.24) is 14.9 Å². The van der Waals surface area contributed by atoms with Crippen molar-refractivity contribution < 1.29 is 9.53 Å². The van der Waals surface area contributed by atoms with Gasteiger partial charge in [0.25, 0.3) is 0 Å². The smallest absolute Gasteiger partial charge is 0.233 e. The predicted octanol–water partition coefficient (Wildman–Crippen LogP) is 4.27. The van der Waals surface area contributed by atoms with Crippen LogP contribution in [0.4, 0.5) is 0 Å². The van der Waals surface area contributed by atoms with E-state index in [1.54, 1.807) is 7.11 Å². The number of thioether (sulfide) groups is 1. The van der Waals surface area contributed by atoms with Crippen LogP contribution in [0.3, 0.4) is 0 Å². The normalized spacial score (nSPS) is 16.7. The van der Waals surface area contributed by atoms with Gasteiger partial charge in [-0.1, -0.05) is 42.6 Å². The maximum Gasteiger partial charge on any atom is 0.233 e. The first-order chi connectivity index (χ1) is 12.6. The van der Waals surface area contributed by atoms with E-state index in [-0.39, 0.29) is 11.2 Å². The Labute approximate surface area is 163 Å². The lowest BCUT2D eigenvalue weighted by atomic mass is 9.95. The number of rotatable bonds is 7. The molecule has 1 N–H and O–H groups in total. The first-order valence-electron chi connectivity index (χ1n) is 9.20. The van der Waals surface area contributed by atoms with E-state index in [4.69, 9.17) is 21.3 Å². The average molecular weight is 396 g/mol. The molecular formula is C19H26ClN3O2S. The molecule has 1 unspecified atom stereocenters. The van der Waals surface area contributed by atoms with Crippen molar-refractivity contribution in [2.75, 3.05) is 13.7 Å². The van der Waals surface area contributed by atoms with E-state index in [0.29, 0.717) is 24.2 Å². The summed E-state index contributed by atoms with van der Waals surface area (Å²) in [4.78, 5) is 17.3. The van der Waals surface area contributed by atoms with E-state index in [2.05, 4.69) is 9.88 Å². The van der Waals surface area contributed by atoms with Gasteiger partial charge in [-0.15, -0.1) is 0 Å². The SMILES string of the molecule is COCCn1c(SC(C)C(=O)NC2CCCCC2)nc2cc(Cl)ccc21. The number of aromatic nitrogens is 2. The number of carbonyl (C=O) groups excluding carboxylic acids is 1. The molecule has 1 aliphatic carbocycles. The number of imidazole rings is 1. The lowest BCUT2D eigenvalue weighted by Crippen LogP contribution is -2.40. The molecule has 0 spiro atoms. The molecule has 5 nitrogen and oxygen atoms in total. The van der Waals surface area contributed by atoms with Crippen molar-refractivity contribution in [2.45, 2.75) is 62.0 Å². The lowest BCUT2D eigenvalue weighted by Gasteiger charge is -2.24. The van der Waals surface area contributed by atoms with Gasteiger partial charge >= 0.3 is 0 Å². The zero-order valence-electron chi connectivity index (χ0n) is 15.3. The highest BCUT2D eigenvalue weighted by atomic mass is 35.5. The predicted molar refractivity (Wildman–Crippen MR) is 107 cm³/mol. The molecule has 142 valence electrons. The summed E-state index contributed by atoms with van der Waals surface area (Å²) in [5, 5.41) is 4.48. The lowest BCUT2D eigenvalue weighted by molar-refractivity contribution is -0.121. The fourth-order valence-electron chi connectivity index (χ4n) is 3.35. The van der Waals surface area contributed by atoms with Crippen LogP contribution in [0.1, 0.15) is 39.0 Å². The van der Waals surface area contributed by atoms with Crippen LogP contribution in [0.15, 0.2) is 23.4 Å². The Bertz CT molecular complexity index is 759. The summed E-state index contributed by atoms with van der Waals surface area (Å²) in [6.07, 6.45) is 5.88. The average Bonchev–Trinajstić information content (AvgIpc) is 2.96. The molecule has 0 saturated heterocycles. The Morgan fingerprint density at radius 1 is 1.42 bits per heavy atom. The minimum absolute atomic E-state index is 0.0882. The van der Waals surface area contributed by atoms with Gasteiger partial charge in [0.15, 0.2) is 5.16 Å². The van der Waals surface area contributed by atoms with Crippen molar-refractivity contribution in [2.24, 2.45) is 0 Å². The first kappa shape index (κ1) is 19.5. The van der Waals surface area contributed by atoms with Crippen LogP contribution in [0.25, 0.3) is 11.0 Å². The Morgan fingerprint density at radius 3 is 2.92 bits per heavy atom. The zero-order valence-corrected chi connectivity index (χ0v) is 16.9. The molecule has 0 radical (unpaired) electrons. The highest BCUT2D eigenvalue weighted by Gasteiger charge is 2.22.